The Morgan fingerprint density at radius 3 is 2.73 bits per heavy atom. The van der Waals surface area contributed by atoms with Gasteiger partial charge in [-0.2, -0.15) is 0 Å². The number of hydrogen-bond acceptors (Lipinski definition) is 2. The summed E-state index contributed by atoms with van der Waals surface area (Å²) in [6, 6.07) is 1.92. The van der Waals surface area contributed by atoms with Gasteiger partial charge in [0.25, 0.3) is 0 Å². The number of hydrogen-bond donors (Lipinski definition) is 0. The minimum atomic E-state index is 0.748. The first-order valence-electron chi connectivity index (χ1n) is 3.15. The van der Waals surface area contributed by atoms with Crippen molar-refractivity contribution in [3.63, 3.8) is 0 Å². The Labute approximate surface area is 74.3 Å². The van der Waals surface area contributed by atoms with E-state index in [0.29, 0.717) is 0 Å². The molecule has 0 spiro atoms. The standard InChI is InChI=1S/C7H8N3.V/c1-6-4-7(2)10(8-3)5-9-6;/h3-4H,1-2H3;/q-1;. The molecule has 57 valence electrons. The van der Waals surface area contributed by atoms with E-state index >= 15 is 0 Å². The van der Waals surface area contributed by atoms with E-state index in [2.05, 4.69) is 27.1 Å². The van der Waals surface area contributed by atoms with Gasteiger partial charge in [-0.15, -0.1) is 0 Å². The molecule has 0 radical (unpaired) electrons. The van der Waals surface area contributed by atoms with Gasteiger partial charge in [-0.25, -0.2) is 0 Å². The molecule has 1 aromatic rings. The number of aryl methyl sites for hydroxylation is 2. The molecular formula is C7H8N3V-. The molecule has 3 nitrogen and oxygen atoms in total. The van der Waals surface area contributed by atoms with Gasteiger partial charge >= 0.3 is 73.9 Å². The Kier molecular flexibility index (Phi) is 2.42. The van der Waals surface area contributed by atoms with E-state index in [4.69, 9.17) is 6.72 Å². The third-order valence-electron chi connectivity index (χ3n) is 1.33. The summed E-state index contributed by atoms with van der Waals surface area (Å²) >= 11 is 2.33. The summed E-state index contributed by atoms with van der Waals surface area (Å²) in [5.74, 6) is 0. The molecule has 0 aromatic carbocycles. The second-order valence-corrected chi connectivity index (χ2v) is 2.89. The summed E-state index contributed by atoms with van der Waals surface area (Å²) in [5.41, 5.74) is 1.95. The van der Waals surface area contributed by atoms with Crippen LogP contribution in [0.2, 0.25) is 0 Å². The molecule has 0 fully saturated rings. The second-order valence-electron chi connectivity index (χ2n) is 2.27. The van der Waals surface area contributed by atoms with Crippen LogP contribution in [0.25, 0.3) is 0 Å². The Bertz CT molecular complexity index is 340. The molecule has 0 saturated carbocycles. The molecule has 0 amide bonds. The second kappa shape index (κ2) is 3.16. The Morgan fingerprint density at radius 2 is 2.27 bits per heavy atom. The third-order valence-corrected chi connectivity index (χ3v) is 1.79. The fourth-order valence-electron chi connectivity index (χ4n) is 0.901. The summed E-state index contributed by atoms with van der Waals surface area (Å²) in [5, 5.41) is 3.55. The first-order chi connectivity index (χ1) is 5.15. The minimum absolute atomic E-state index is 0.748. The van der Waals surface area contributed by atoms with E-state index in [-0.39, 0.29) is 0 Å². The monoisotopic (exact) mass is 185 g/mol. The van der Waals surface area contributed by atoms with Crippen molar-refractivity contribution >= 4 is 6.72 Å². The molecule has 11 heavy (non-hydrogen) atoms. The van der Waals surface area contributed by atoms with E-state index in [1.54, 1.807) is 4.68 Å². The van der Waals surface area contributed by atoms with Crippen molar-refractivity contribution in [3.8, 4) is 0 Å². The summed E-state index contributed by atoms with van der Waals surface area (Å²) in [4.78, 5) is 4.17. The summed E-state index contributed by atoms with van der Waals surface area (Å²) in [7, 11) is 0. The van der Waals surface area contributed by atoms with Gasteiger partial charge in [0.2, 0.25) is 0 Å². The average Bonchev–Trinajstić information content (AvgIpc) is 1.85. The van der Waals surface area contributed by atoms with Gasteiger partial charge in [-0.1, -0.05) is 0 Å². The molecule has 4 heteroatoms. The molecule has 0 bridgehead atoms. The predicted octanol–water partition coefficient (Wildman–Crippen LogP) is 0.919. The van der Waals surface area contributed by atoms with Crippen LogP contribution in [-0.2, 0) is 17.0 Å². The Hall–Kier alpha value is -0.666. The summed E-state index contributed by atoms with van der Waals surface area (Å²) < 4.78 is 2.32. The SMILES string of the molecule is [CH-]=Nn1c(C)cc(C)n[c]1=[V]. The zero-order chi connectivity index (χ0) is 8.43. The van der Waals surface area contributed by atoms with Crippen LogP contribution in [-0.4, -0.2) is 16.4 Å². The van der Waals surface area contributed by atoms with Gasteiger partial charge in [-0.3, -0.25) is 0 Å². The van der Waals surface area contributed by atoms with Crippen molar-refractivity contribution in [1.82, 2.24) is 9.66 Å². The molecule has 0 aliphatic rings. The molecule has 0 N–H and O–H groups in total. The van der Waals surface area contributed by atoms with Crippen molar-refractivity contribution in [2.75, 3.05) is 0 Å². The molecule has 0 atom stereocenters. The van der Waals surface area contributed by atoms with Crippen LogP contribution >= 0.6 is 0 Å². The fraction of sp³-hybridized carbons (Fsp3) is 0.286. The predicted molar refractivity (Wildman–Crippen MR) is 38.8 cm³/mol. The van der Waals surface area contributed by atoms with Gasteiger partial charge in [0.15, 0.2) is 0 Å². The van der Waals surface area contributed by atoms with Crippen molar-refractivity contribution in [2.24, 2.45) is 5.10 Å². The van der Waals surface area contributed by atoms with Gasteiger partial charge in [-0.05, 0) is 0 Å². The van der Waals surface area contributed by atoms with Gasteiger partial charge in [0, 0.05) is 0 Å². The normalized spacial score (nSPS) is 9.55. The van der Waals surface area contributed by atoms with Crippen LogP contribution in [0.5, 0.6) is 0 Å². The van der Waals surface area contributed by atoms with E-state index in [9.17, 15) is 0 Å². The maximum atomic E-state index is 5.14. The zero-order valence-corrected chi connectivity index (χ0v) is 7.84. The summed E-state index contributed by atoms with van der Waals surface area (Å²) in [6.07, 6.45) is 0. The topological polar surface area (TPSA) is 30.2 Å². The molecule has 0 saturated heterocycles. The Balaban J connectivity index is 3.49. The number of rotatable bonds is 1. The quantitative estimate of drug-likeness (QED) is 0.472. The molecule has 1 heterocycles. The summed E-state index contributed by atoms with van der Waals surface area (Å²) in [6.45, 7) is 9.01. The van der Waals surface area contributed by atoms with Crippen LogP contribution in [0, 0.1) is 18.0 Å². The van der Waals surface area contributed by atoms with Crippen molar-refractivity contribution in [1.29, 1.82) is 0 Å². The maximum absolute atomic E-state index is 5.14. The molecule has 1 rings (SSSR count). The van der Waals surface area contributed by atoms with E-state index in [1.807, 2.05) is 19.9 Å². The number of aromatic nitrogens is 2. The average molecular weight is 185 g/mol. The van der Waals surface area contributed by atoms with Crippen LogP contribution in [0.15, 0.2) is 11.2 Å². The first-order valence-corrected chi connectivity index (χ1v) is 3.85. The van der Waals surface area contributed by atoms with Crippen LogP contribution in [0.3, 0.4) is 0 Å². The van der Waals surface area contributed by atoms with Crippen molar-refractivity contribution < 1.29 is 17.0 Å². The van der Waals surface area contributed by atoms with E-state index in [1.165, 1.54) is 0 Å². The molecule has 0 unspecified atom stereocenters. The van der Waals surface area contributed by atoms with Crippen molar-refractivity contribution in [3.05, 3.63) is 21.6 Å². The van der Waals surface area contributed by atoms with Gasteiger partial charge in [0.05, 0.1) is 0 Å². The van der Waals surface area contributed by atoms with Crippen LogP contribution in [0.1, 0.15) is 11.4 Å². The fourth-order valence-corrected chi connectivity index (χ4v) is 1.47. The van der Waals surface area contributed by atoms with Crippen LogP contribution in [0.4, 0.5) is 0 Å². The molecule has 0 aliphatic heterocycles. The number of nitrogens with zero attached hydrogens (tertiary/aromatic N) is 3. The van der Waals surface area contributed by atoms with Gasteiger partial charge in [0.1, 0.15) is 0 Å². The third kappa shape index (κ3) is 1.67. The van der Waals surface area contributed by atoms with Crippen molar-refractivity contribution in [2.45, 2.75) is 13.8 Å². The van der Waals surface area contributed by atoms with Gasteiger partial charge < -0.3 is 0 Å². The van der Waals surface area contributed by atoms with E-state index < -0.39 is 0 Å². The zero-order valence-electron chi connectivity index (χ0n) is 6.44. The Morgan fingerprint density at radius 1 is 1.64 bits per heavy atom. The molecular weight excluding hydrogens is 177 g/mol. The first kappa shape index (κ1) is 8.43. The molecule has 0 aliphatic carbocycles. The van der Waals surface area contributed by atoms with E-state index in [0.717, 1.165) is 15.5 Å². The molecule has 1 aromatic heterocycles. The van der Waals surface area contributed by atoms with Crippen LogP contribution < -0.4 is 0 Å².